The Bertz CT molecular complexity index is 1470. The molecular formula is C26H25ClFN5O3. The maximum atomic E-state index is 15.1. The zero-order valence-corrected chi connectivity index (χ0v) is 21.0. The van der Waals surface area contributed by atoms with Crippen LogP contribution in [-0.2, 0) is 16.8 Å². The average Bonchev–Trinajstić information content (AvgIpc) is 3.24. The van der Waals surface area contributed by atoms with E-state index in [-0.39, 0.29) is 40.0 Å². The molecule has 0 aliphatic carbocycles. The molecule has 0 atom stereocenters. The zero-order chi connectivity index (χ0) is 26.2. The van der Waals surface area contributed by atoms with Crippen LogP contribution in [0.2, 0.25) is 5.02 Å². The molecule has 2 amide bonds. The molecule has 4 rings (SSSR count). The van der Waals surface area contributed by atoms with Crippen molar-refractivity contribution < 1.29 is 18.7 Å². The van der Waals surface area contributed by atoms with Crippen molar-refractivity contribution in [3.8, 4) is 11.5 Å². The number of benzene rings is 2. The number of ether oxygens (including phenoxy) is 1. The molecule has 4 aromatic rings. The lowest BCUT2D eigenvalue weighted by molar-refractivity contribution is -0.115. The molecule has 0 bridgehead atoms. The van der Waals surface area contributed by atoms with Crippen LogP contribution >= 0.6 is 11.6 Å². The highest BCUT2D eigenvalue weighted by molar-refractivity contribution is 6.34. The molecule has 0 saturated carbocycles. The number of halogens is 2. The van der Waals surface area contributed by atoms with Crippen molar-refractivity contribution in [3.05, 3.63) is 76.5 Å². The normalized spacial score (nSPS) is 11.5. The minimum absolute atomic E-state index is 0.00585. The van der Waals surface area contributed by atoms with Gasteiger partial charge in [0.25, 0.3) is 0 Å². The number of nitrogens with one attached hydrogen (secondary N) is 1. The molecule has 0 saturated heterocycles. The number of aryl methyl sites for hydroxylation is 1. The maximum Gasteiger partial charge on any atom is 0.250 e. The van der Waals surface area contributed by atoms with Crippen molar-refractivity contribution in [1.29, 1.82) is 0 Å². The second kappa shape index (κ2) is 9.58. The number of amides is 2. The summed E-state index contributed by atoms with van der Waals surface area (Å²) in [6.07, 6.45) is 4.78. The lowest BCUT2D eigenvalue weighted by Crippen LogP contribution is -2.22. The van der Waals surface area contributed by atoms with Gasteiger partial charge in [-0.3, -0.25) is 19.3 Å². The van der Waals surface area contributed by atoms with Gasteiger partial charge in [-0.05, 0) is 63.1 Å². The molecule has 186 valence electrons. The van der Waals surface area contributed by atoms with Gasteiger partial charge in [-0.1, -0.05) is 17.7 Å². The Labute approximate surface area is 212 Å². The summed E-state index contributed by atoms with van der Waals surface area (Å²) < 4.78 is 22.7. The van der Waals surface area contributed by atoms with Gasteiger partial charge in [0.2, 0.25) is 11.8 Å². The number of hydrogen-bond acceptors (Lipinski definition) is 5. The molecular weight excluding hydrogens is 485 g/mol. The third kappa shape index (κ3) is 5.31. The first kappa shape index (κ1) is 25.1. The molecule has 36 heavy (non-hydrogen) atoms. The minimum Gasteiger partial charge on any atom is -0.453 e. The minimum atomic E-state index is -0.701. The highest BCUT2D eigenvalue weighted by atomic mass is 35.5. The van der Waals surface area contributed by atoms with E-state index in [2.05, 4.69) is 15.4 Å². The van der Waals surface area contributed by atoms with Crippen LogP contribution in [0.5, 0.6) is 11.5 Å². The number of fused-ring (bicyclic) bond motifs is 1. The standard InChI is InChI=1S/C26H25ClFN5O3/c1-14-7-15(9-23(34)32-16-12-31-33(13-16)26(2,3)4)8-20(28)24(14)36-22-5-6-30-21-11-19(27)17(25(29)35)10-18(21)22/h5-8,10-13H,9H2,1-4H3,(H2,29,35)(H,32,34). The van der Waals surface area contributed by atoms with Crippen molar-refractivity contribution in [2.45, 2.75) is 39.7 Å². The molecule has 2 heterocycles. The predicted octanol–water partition coefficient (Wildman–Crippen LogP) is 5.36. The van der Waals surface area contributed by atoms with E-state index >= 15 is 4.39 Å². The third-order valence-corrected chi connectivity index (χ3v) is 5.79. The quantitative estimate of drug-likeness (QED) is 0.363. The van der Waals surface area contributed by atoms with Gasteiger partial charge in [0, 0.05) is 17.8 Å². The molecule has 0 spiro atoms. The fraction of sp³-hybridized carbons (Fsp3) is 0.231. The van der Waals surface area contributed by atoms with Crippen molar-refractivity contribution in [1.82, 2.24) is 14.8 Å². The molecule has 8 nitrogen and oxygen atoms in total. The Morgan fingerprint density at radius 1 is 1.22 bits per heavy atom. The molecule has 10 heteroatoms. The smallest absolute Gasteiger partial charge is 0.250 e. The summed E-state index contributed by atoms with van der Waals surface area (Å²) in [5.41, 5.74) is 7.29. The Hall–Kier alpha value is -3.98. The SMILES string of the molecule is Cc1cc(CC(=O)Nc2cnn(C(C)(C)C)c2)cc(F)c1Oc1ccnc2cc(Cl)c(C(N)=O)cc12. The average molecular weight is 510 g/mol. The summed E-state index contributed by atoms with van der Waals surface area (Å²) in [4.78, 5) is 28.5. The number of carbonyl (C=O) groups is 2. The predicted molar refractivity (Wildman–Crippen MR) is 136 cm³/mol. The fourth-order valence-corrected chi connectivity index (χ4v) is 3.96. The van der Waals surface area contributed by atoms with Crippen LogP contribution < -0.4 is 15.8 Å². The topological polar surface area (TPSA) is 112 Å². The number of rotatable bonds is 6. The van der Waals surface area contributed by atoms with Crippen molar-refractivity contribution in [2.75, 3.05) is 5.32 Å². The van der Waals surface area contributed by atoms with E-state index in [1.807, 2.05) is 20.8 Å². The van der Waals surface area contributed by atoms with Crippen LogP contribution in [0, 0.1) is 12.7 Å². The van der Waals surface area contributed by atoms with E-state index in [1.54, 1.807) is 36.1 Å². The molecule has 0 aliphatic heterocycles. The summed E-state index contributed by atoms with van der Waals surface area (Å²) in [7, 11) is 0. The van der Waals surface area contributed by atoms with E-state index in [1.165, 1.54) is 24.4 Å². The molecule has 2 aromatic heterocycles. The largest absolute Gasteiger partial charge is 0.453 e. The van der Waals surface area contributed by atoms with Gasteiger partial charge in [-0.15, -0.1) is 0 Å². The highest BCUT2D eigenvalue weighted by Gasteiger charge is 2.18. The zero-order valence-electron chi connectivity index (χ0n) is 20.2. The third-order valence-electron chi connectivity index (χ3n) is 5.48. The van der Waals surface area contributed by atoms with Crippen LogP contribution in [0.4, 0.5) is 10.1 Å². The first-order valence-corrected chi connectivity index (χ1v) is 11.5. The van der Waals surface area contributed by atoms with E-state index in [9.17, 15) is 9.59 Å². The van der Waals surface area contributed by atoms with Gasteiger partial charge in [0.15, 0.2) is 11.6 Å². The van der Waals surface area contributed by atoms with Crippen LogP contribution in [0.15, 0.2) is 48.9 Å². The molecule has 3 N–H and O–H groups in total. The van der Waals surface area contributed by atoms with Gasteiger partial charge < -0.3 is 15.8 Å². The van der Waals surface area contributed by atoms with Crippen molar-refractivity contribution in [3.63, 3.8) is 0 Å². The van der Waals surface area contributed by atoms with Crippen LogP contribution in [0.1, 0.15) is 42.3 Å². The van der Waals surface area contributed by atoms with Gasteiger partial charge in [-0.2, -0.15) is 5.10 Å². The summed E-state index contributed by atoms with van der Waals surface area (Å²) in [6.45, 7) is 7.69. The number of nitrogens with two attached hydrogens (primary N) is 1. The Kier molecular flexibility index (Phi) is 6.69. The highest BCUT2D eigenvalue weighted by Crippen LogP contribution is 2.35. The Balaban J connectivity index is 1.55. The van der Waals surface area contributed by atoms with Gasteiger partial charge in [0.05, 0.1) is 39.9 Å². The van der Waals surface area contributed by atoms with Gasteiger partial charge in [0.1, 0.15) is 5.75 Å². The number of hydrogen-bond donors (Lipinski definition) is 2. The molecule has 0 unspecified atom stereocenters. The number of carbonyl (C=O) groups excluding carboxylic acids is 2. The van der Waals surface area contributed by atoms with Crippen LogP contribution in [-0.4, -0.2) is 26.6 Å². The number of nitrogens with zero attached hydrogens (tertiary/aromatic N) is 3. The second-order valence-electron chi connectivity index (χ2n) is 9.42. The monoisotopic (exact) mass is 509 g/mol. The lowest BCUT2D eigenvalue weighted by atomic mass is 10.1. The van der Waals surface area contributed by atoms with Gasteiger partial charge in [-0.25, -0.2) is 4.39 Å². The van der Waals surface area contributed by atoms with E-state index in [0.29, 0.717) is 27.7 Å². The molecule has 0 fully saturated rings. The Morgan fingerprint density at radius 2 is 1.97 bits per heavy atom. The first-order chi connectivity index (χ1) is 16.9. The van der Waals surface area contributed by atoms with E-state index < -0.39 is 11.7 Å². The van der Waals surface area contributed by atoms with E-state index in [4.69, 9.17) is 22.1 Å². The molecule has 0 radical (unpaired) electrons. The lowest BCUT2D eigenvalue weighted by Gasteiger charge is -2.18. The first-order valence-electron chi connectivity index (χ1n) is 11.1. The Morgan fingerprint density at radius 3 is 2.61 bits per heavy atom. The number of aromatic nitrogens is 3. The van der Waals surface area contributed by atoms with Crippen LogP contribution in [0.25, 0.3) is 10.9 Å². The summed E-state index contributed by atoms with van der Waals surface area (Å²) in [6, 6.07) is 7.47. The van der Waals surface area contributed by atoms with Crippen LogP contribution in [0.3, 0.4) is 0 Å². The molecule has 0 aliphatic rings. The second-order valence-corrected chi connectivity index (χ2v) is 9.82. The van der Waals surface area contributed by atoms with Crippen molar-refractivity contribution >= 4 is 40.0 Å². The summed E-state index contributed by atoms with van der Waals surface area (Å²) >= 11 is 6.11. The van der Waals surface area contributed by atoms with Gasteiger partial charge >= 0.3 is 0 Å². The van der Waals surface area contributed by atoms with Crippen molar-refractivity contribution in [2.24, 2.45) is 5.73 Å². The molecule has 2 aromatic carbocycles. The summed E-state index contributed by atoms with van der Waals surface area (Å²) in [5.74, 6) is -1.36. The van der Waals surface area contributed by atoms with E-state index in [0.717, 1.165) is 0 Å². The number of anilines is 1. The summed E-state index contributed by atoms with van der Waals surface area (Å²) in [5, 5.41) is 7.66. The number of primary amides is 1. The fourth-order valence-electron chi connectivity index (χ4n) is 3.71. The number of pyridine rings is 1. The maximum absolute atomic E-state index is 15.1.